The van der Waals surface area contributed by atoms with Crippen LogP contribution < -0.4 is 10.9 Å². The number of para-hydroxylation sites is 1. The van der Waals surface area contributed by atoms with E-state index in [4.69, 9.17) is 16.3 Å². The Morgan fingerprint density at radius 1 is 0.906 bits per heavy atom. The zero-order valence-electron chi connectivity index (χ0n) is 17.2. The maximum atomic E-state index is 13.1. The normalized spacial score (nSPS) is 10.7. The molecule has 0 spiro atoms. The van der Waals surface area contributed by atoms with Crippen LogP contribution in [0.1, 0.15) is 10.5 Å². The van der Waals surface area contributed by atoms with E-state index in [0.717, 1.165) is 5.56 Å². The van der Waals surface area contributed by atoms with Crippen molar-refractivity contribution >= 4 is 39.9 Å². The molecule has 1 aromatic heterocycles. The van der Waals surface area contributed by atoms with Crippen LogP contribution in [0.5, 0.6) is 0 Å². The molecule has 0 radical (unpaired) electrons. The van der Waals surface area contributed by atoms with Crippen LogP contribution in [-0.4, -0.2) is 23.1 Å². The van der Waals surface area contributed by atoms with Gasteiger partial charge in [0.1, 0.15) is 5.69 Å². The summed E-state index contributed by atoms with van der Waals surface area (Å²) in [5, 5.41) is 4.09. The summed E-state index contributed by atoms with van der Waals surface area (Å²) in [5.41, 5.74) is 1.49. The predicted molar refractivity (Wildman–Crippen MR) is 125 cm³/mol. The van der Waals surface area contributed by atoms with Crippen molar-refractivity contribution < 1.29 is 14.3 Å². The van der Waals surface area contributed by atoms with E-state index in [0.29, 0.717) is 27.0 Å². The first kappa shape index (κ1) is 21.3. The molecule has 0 bridgehead atoms. The minimum absolute atomic E-state index is 0.0745. The van der Waals surface area contributed by atoms with Crippen molar-refractivity contribution in [1.82, 2.24) is 4.57 Å². The number of rotatable bonds is 5. The molecule has 32 heavy (non-hydrogen) atoms. The van der Waals surface area contributed by atoms with Gasteiger partial charge in [-0.05, 0) is 29.1 Å². The molecular formula is C25H19ClN2O4. The smallest absolute Gasteiger partial charge is 0.356 e. The van der Waals surface area contributed by atoms with Gasteiger partial charge in [-0.25, -0.2) is 4.79 Å². The van der Waals surface area contributed by atoms with Gasteiger partial charge in [0.25, 0.3) is 11.5 Å². The molecule has 0 aliphatic rings. The van der Waals surface area contributed by atoms with E-state index in [1.807, 2.05) is 30.3 Å². The van der Waals surface area contributed by atoms with E-state index < -0.39 is 18.5 Å². The summed E-state index contributed by atoms with van der Waals surface area (Å²) in [7, 11) is 1.52. The monoisotopic (exact) mass is 446 g/mol. The molecule has 4 rings (SSSR count). The highest BCUT2D eigenvalue weighted by Crippen LogP contribution is 2.30. The van der Waals surface area contributed by atoms with E-state index >= 15 is 0 Å². The van der Waals surface area contributed by atoms with Crippen molar-refractivity contribution in [3.05, 3.63) is 99.9 Å². The van der Waals surface area contributed by atoms with Crippen LogP contribution in [0.2, 0.25) is 5.02 Å². The number of hydrogen-bond donors (Lipinski definition) is 1. The van der Waals surface area contributed by atoms with Crippen molar-refractivity contribution in [1.29, 1.82) is 0 Å². The van der Waals surface area contributed by atoms with Gasteiger partial charge in [-0.3, -0.25) is 9.59 Å². The van der Waals surface area contributed by atoms with Crippen LogP contribution in [0.25, 0.3) is 21.9 Å². The molecule has 3 aromatic carbocycles. The van der Waals surface area contributed by atoms with Gasteiger partial charge in [-0.2, -0.15) is 0 Å². The van der Waals surface area contributed by atoms with E-state index in [2.05, 4.69) is 5.32 Å². The molecule has 160 valence electrons. The minimum Gasteiger partial charge on any atom is -0.451 e. The van der Waals surface area contributed by atoms with Crippen molar-refractivity contribution in [3.63, 3.8) is 0 Å². The standard InChI is InChI=1S/C25H19ClN2O4/c1-28-23(25(31)32-15-21(29)27-20-14-8-7-13-19(20)26)22(16-9-3-2-4-10-16)17-11-5-6-12-18(17)24(28)30/h2-14H,15H2,1H3,(H,27,29). The number of aromatic nitrogens is 1. The number of esters is 1. The number of carbonyl (C=O) groups is 2. The Labute approximate surface area is 189 Å². The molecule has 0 aliphatic heterocycles. The van der Waals surface area contributed by atoms with Crippen LogP contribution >= 0.6 is 11.6 Å². The number of nitrogens with zero attached hydrogens (tertiary/aromatic N) is 1. The number of carbonyl (C=O) groups excluding carboxylic acids is 2. The number of halogens is 1. The fourth-order valence-electron chi connectivity index (χ4n) is 3.55. The Morgan fingerprint density at radius 2 is 1.53 bits per heavy atom. The Kier molecular flexibility index (Phi) is 6.05. The Bertz CT molecular complexity index is 1380. The first-order chi connectivity index (χ1) is 15.5. The fourth-order valence-corrected chi connectivity index (χ4v) is 3.73. The first-order valence-corrected chi connectivity index (χ1v) is 10.2. The summed E-state index contributed by atoms with van der Waals surface area (Å²) in [5.74, 6) is -1.32. The lowest BCUT2D eigenvalue weighted by Crippen LogP contribution is -2.28. The summed E-state index contributed by atoms with van der Waals surface area (Å²) in [4.78, 5) is 38.3. The Hall–Kier alpha value is -3.90. The SMILES string of the molecule is Cn1c(C(=O)OCC(=O)Nc2ccccc2Cl)c(-c2ccccc2)c2ccccc2c1=O. The number of benzene rings is 3. The van der Waals surface area contributed by atoms with Gasteiger partial charge in [0.15, 0.2) is 6.61 Å². The lowest BCUT2D eigenvalue weighted by atomic mass is 9.97. The van der Waals surface area contributed by atoms with Gasteiger partial charge in [0.2, 0.25) is 0 Å². The summed E-state index contributed by atoms with van der Waals surface area (Å²) in [6.07, 6.45) is 0. The fraction of sp³-hybridized carbons (Fsp3) is 0.0800. The van der Waals surface area contributed by atoms with Crippen molar-refractivity contribution in [2.75, 3.05) is 11.9 Å². The quantitative estimate of drug-likeness (QED) is 0.452. The Balaban J connectivity index is 1.70. The van der Waals surface area contributed by atoms with Crippen LogP contribution in [0.15, 0.2) is 83.7 Å². The van der Waals surface area contributed by atoms with Crippen molar-refractivity contribution in [2.45, 2.75) is 0 Å². The number of fused-ring (bicyclic) bond motifs is 1. The van der Waals surface area contributed by atoms with E-state index in [9.17, 15) is 14.4 Å². The van der Waals surface area contributed by atoms with Gasteiger partial charge < -0.3 is 14.6 Å². The van der Waals surface area contributed by atoms with Gasteiger partial charge in [-0.1, -0.05) is 72.3 Å². The van der Waals surface area contributed by atoms with Crippen LogP contribution in [-0.2, 0) is 16.6 Å². The van der Waals surface area contributed by atoms with Crippen LogP contribution in [0, 0.1) is 0 Å². The lowest BCUT2D eigenvalue weighted by molar-refractivity contribution is -0.119. The zero-order chi connectivity index (χ0) is 22.7. The zero-order valence-corrected chi connectivity index (χ0v) is 17.9. The average molecular weight is 447 g/mol. The predicted octanol–water partition coefficient (Wildman–Crippen LogP) is 4.65. The molecular weight excluding hydrogens is 428 g/mol. The van der Waals surface area contributed by atoms with Crippen molar-refractivity contribution in [2.24, 2.45) is 7.05 Å². The molecule has 0 atom stereocenters. The molecule has 4 aromatic rings. The Morgan fingerprint density at radius 3 is 2.25 bits per heavy atom. The lowest BCUT2D eigenvalue weighted by Gasteiger charge is -2.16. The largest absolute Gasteiger partial charge is 0.451 e. The van der Waals surface area contributed by atoms with Crippen LogP contribution in [0.3, 0.4) is 0 Å². The molecule has 6 nitrogen and oxygen atoms in total. The summed E-state index contributed by atoms with van der Waals surface area (Å²) >= 11 is 6.05. The molecule has 0 saturated heterocycles. The minimum atomic E-state index is -0.775. The third kappa shape index (κ3) is 4.13. The third-order valence-corrected chi connectivity index (χ3v) is 5.37. The van der Waals surface area contributed by atoms with Gasteiger partial charge in [-0.15, -0.1) is 0 Å². The van der Waals surface area contributed by atoms with Gasteiger partial charge in [0.05, 0.1) is 10.7 Å². The average Bonchev–Trinajstić information content (AvgIpc) is 2.81. The van der Waals surface area contributed by atoms with E-state index in [1.54, 1.807) is 48.5 Å². The van der Waals surface area contributed by atoms with E-state index in [1.165, 1.54) is 11.6 Å². The summed E-state index contributed by atoms with van der Waals surface area (Å²) in [6, 6.07) is 23.1. The number of ether oxygens (including phenoxy) is 1. The molecule has 0 saturated carbocycles. The topological polar surface area (TPSA) is 77.4 Å². The molecule has 1 amide bonds. The molecule has 0 fully saturated rings. The molecule has 1 heterocycles. The molecule has 1 N–H and O–H groups in total. The second-order valence-electron chi connectivity index (χ2n) is 7.10. The van der Waals surface area contributed by atoms with Gasteiger partial charge >= 0.3 is 5.97 Å². The maximum absolute atomic E-state index is 13.1. The molecule has 0 aliphatic carbocycles. The number of hydrogen-bond acceptors (Lipinski definition) is 4. The number of pyridine rings is 1. The number of anilines is 1. The van der Waals surface area contributed by atoms with E-state index in [-0.39, 0.29) is 11.3 Å². The number of amides is 1. The summed E-state index contributed by atoms with van der Waals surface area (Å²) < 4.78 is 6.56. The highest BCUT2D eigenvalue weighted by molar-refractivity contribution is 6.33. The maximum Gasteiger partial charge on any atom is 0.356 e. The van der Waals surface area contributed by atoms with Crippen molar-refractivity contribution in [3.8, 4) is 11.1 Å². The van der Waals surface area contributed by atoms with Crippen LogP contribution in [0.4, 0.5) is 5.69 Å². The third-order valence-electron chi connectivity index (χ3n) is 5.04. The van der Waals surface area contributed by atoms with Gasteiger partial charge in [0, 0.05) is 18.0 Å². The second-order valence-corrected chi connectivity index (χ2v) is 7.51. The molecule has 0 unspecified atom stereocenters. The number of nitrogens with one attached hydrogen (secondary N) is 1. The first-order valence-electron chi connectivity index (χ1n) is 9.86. The second kappa shape index (κ2) is 9.08. The molecule has 7 heteroatoms. The summed E-state index contributed by atoms with van der Waals surface area (Å²) in [6.45, 7) is -0.528. The highest BCUT2D eigenvalue weighted by Gasteiger charge is 2.23. The highest BCUT2D eigenvalue weighted by atomic mass is 35.5.